The van der Waals surface area contributed by atoms with Crippen molar-refractivity contribution >= 4 is 16.7 Å². The maximum absolute atomic E-state index is 12.6. The van der Waals surface area contributed by atoms with Gasteiger partial charge in [-0.2, -0.15) is 0 Å². The first-order valence-electron chi connectivity index (χ1n) is 9.40. The van der Waals surface area contributed by atoms with Gasteiger partial charge < -0.3 is 9.73 Å². The fourth-order valence-corrected chi connectivity index (χ4v) is 3.45. The minimum atomic E-state index is -0.0978. The molecule has 4 heteroatoms. The molecule has 0 saturated heterocycles. The van der Waals surface area contributed by atoms with Crippen LogP contribution >= 0.6 is 0 Å². The quantitative estimate of drug-likeness (QED) is 0.524. The second-order valence-corrected chi connectivity index (χ2v) is 6.92. The molecule has 4 nitrogen and oxygen atoms in total. The summed E-state index contributed by atoms with van der Waals surface area (Å²) in [5.41, 5.74) is 2.68. The zero-order valence-electron chi connectivity index (χ0n) is 16.0. The van der Waals surface area contributed by atoms with E-state index in [1.54, 1.807) is 0 Å². The van der Waals surface area contributed by atoms with Gasteiger partial charge >= 0.3 is 0 Å². The summed E-state index contributed by atoms with van der Waals surface area (Å²) >= 11 is 0. The van der Waals surface area contributed by atoms with Crippen LogP contribution in [0.5, 0.6) is 0 Å². The lowest BCUT2D eigenvalue weighted by Crippen LogP contribution is -2.28. The van der Waals surface area contributed by atoms with E-state index < -0.39 is 0 Å². The molecule has 1 unspecified atom stereocenters. The highest BCUT2D eigenvalue weighted by Gasteiger charge is 2.17. The number of aryl methyl sites for hydroxylation is 1. The summed E-state index contributed by atoms with van der Waals surface area (Å²) in [4.78, 5) is 17.2. The summed E-state index contributed by atoms with van der Waals surface area (Å²) in [5, 5.41) is 5.41. The van der Waals surface area contributed by atoms with Gasteiger partial charge in [0.2, 0.25) is 11.8 Å². The highest BCUT2D eigenvalue weighted by molar-refractivity contribution is 5.87. The van der Waals surface area contributed by atoms with Gasteiger partial charge in [0.05, 0.1) is 18.2 Å². The molecule has 0 aliphatic carbocycles. The van der Waals surface area contributed by atoms with Crippen molar-refractivity contribution < 1.29 is 9.21 Å². The van der Waals surface area contributed by atoms with Gasteiger partial charge in [0.1, 0.15) is 5.76 Å². The standard InChI is InChI=1S/C24H22N2O2/c1-16(20-14-8-12-18-9-6-7-13-21(18)20)25-23(27)15-22-17(2)28-24(26-22)19-10-4-3-5-11-19/h3-14,16H,15H2,1-2H3,(H,25,27). The van der Waals surface area contributed by atoms with Crippen LogP contribution in [0.3, 0.4) is 0 Å². The zero-order chi connectivity index (χ0) is 19.5. The topological polar surface area (TPSA) is 55.1 Å². The minimum absolute atomic E-state index is 0.0727. The van der Waals surface area contributed by atoms with E-state index in [4.69, 9.17) is 4.42 Å². The van der Waals surface area contributed by atoms with E-state index in [0.29, 0.717) is 17.3 Å². The summed E-state index contributed by atoms with van der Waals surface area (Å²) in [5.74, 6) is 1.14. The first kappa shape index (κ1) is 18.0. The van der Waals surface area contributed by atoms with Gasteiger partial charge in [-0.15, -0.1) is 0 Å². The summed E-state index contributed by atoms with van der Waals surface area (Å²) in [7, 11) is 0. The molecule has 1 heterocycles. The molecule has 3 aromatic carbocycles. The van der Waals surface area contributed by atoms with E-state index >= 15 is 0 Å². The second-order valence-electron chi connectivity index (χ2n) is 6.92. The van der Waals surface area contributed by atoms with Crippen LogP contribution in [0.1, 0.15) is 30.0 Å². The number of fused-ring (bicyclic) bond motifs is 1. The Bertz CT molecular complexity index is 1110. The van der Waals surface area contributed by atoms with E-state index in [1.165, 1.54) is 5.39 Å². The van der Waals surface area contributed by atoms with E-state index in [0.717, 1.165) is 16.5 Å². The third kappa shape index (κ3) is 3.67. The predicted molar refractivity (Wildman–Crippen MR) is 111 cm³/mol. The average molecular weight is 370 g/mol. The van der Waals surface area contributed by atoms with Crippen LogP contribution in [0, 0.1) is 6.92 Å². The summed E-state index contributed by atoms with van der Waals surface area (Å²) in [6, 6.07) is 24.0. The molecular weight excluding hydrogens is 348 g/mol. The van der Waals surface area contributed by atoms with Crippen molar-refractivity contribution in [1.82, 2.24) is 10.3 Å². The van der Waals surface area contributed by atoms with Crippen molar-refractivity contribution in [1.29, 1.82) is 0 Å². The SMILES string of the molecule is Cc1oc(-c2ccccc2)nc1CC(=O)NC(C)c1cccc2ccccc12. The number of oxazole rings is 1. The molecule has 1 atom stereocenters. The Hall–Kier alpha value is -3.40. The van der Waals surface area contributed by atoms with Crippen LogP contribution in [0.2, 0.25) is 0 Å². The van der Waals surface area contributed by atoms with Crippen LogP contribution in [0.25, 0.3) is 22.2 Å². The zero-order valence-corrected chi connectivity index (χ0v) is 16.0. The summed E-state index contributed by atoms with van der Waals surface area (Å²) in [6.45, 7) is 3.85. The van der Waals surface area contributed by atoms with Gasteiger partial charge in [-0.05, 0) is 42.3 Å². The lowest BCUT2D eigenvalue weighted by atomic mass is 9.99. The molecule has 0 radical (unpaired) electrons. The maximum atomic E-state index is 12.6. The van der Waals surface area contributed by atoms with Crippen molar-refractivity contribution in [2.75, 3.05) is 0 Å². The van der Waals surface area contributed by atoms with Gasteiger partial charge in [-0.1, -0.05) is 60.7 Å². The molecule has 1 N–H and O–H groups in total. The average Bonchev–Trinajstić information content (AvgIpc) is 3.08. The first-order valence-corrected chi connectivity index (χ1v) is 9.40. The molecule has 0 aliphatic heterocycles. The van der Waals surface area contributed by atoms with Crippen molar-refractivity contribution in [3.63, 3.8) is 0 Å². The number of rotatable bonds is 5. The number of hydrogen-bond acceptors (Lipinski definition) is 3. The molecule has 0 spiro atoms. The van der Waals surface area contributed by atoms with Crippen molar-refractivity contribution in [2.45, 2.75) is 26.3 Å². The molecule has 0 bridgehead atoms. The van der Waals surface area contributed by atoms with Gasteiger partial charge in [-0.3, -0.25) is 4.79 Å². The van der Waals surface area contributed by atoms with Crippen molar-refractivity contribution in [3.8, 4) is 11.5 Å². The Balaban J connectivity index is 1.49. The van der Waals surface area contributed by atoms with Crippen LogP contribution in [0.4, 0.5) is 0 Å². The highest BCUT2D eigenvalue weighted by atomic mass is 16.4. The fraction of sp³-hybridized carbons (Fsp3) is 0.167. The monoisotopic (exact) mass is 370 g/mol. The number of amides is 1. The van der Waals surface area contributed by atoms with Gasteiger partial charge in [0.25, 0.3) is 0 Å². The third-order valence-electron chi connectivity index (χ3n) is 4.91. The summed E-state index contributed by atoms with van der Waals surface area (Å²) in [6.07, 6.45) is 0.192. The van der Waals surface area contributed by atoms with Crippen molar-refractivity contribution in [2.24, 2.45) is 0 Å². The van der Waals surface area contributed by atoms with E-state index in [9.17, 15) is 4.79 Å². The predicted octanol–water partition coefficient (Wildman–Crippen LogP) is 5.22. The van der Waals surface area contributed by atoms with Crippen LogP contribution in [-0.4, -0.2) is 10.9 Å². The Morgan fingerprint density at radius 1 is 1.00 bits per heavy atom. The molecule has 0 fully saturated rings. The molecule has 0 aliphatic rings. The lowest BCUT2D eigenvalue weighted by Gasteiger charge is -2.16. The van der Waals surface area contributed by atoms with Crippen molar-refractivity contribution in [3.05, 3.63) is 89.8 Å². The number of benzene rings is 3. The summed E-state index contributed by atoms with van der Waals surface area (Å²) < 4.78 is 5.76. The molecule has 140 valence electrons. The van der Waals surface area contributed by atoms with E-state index in [1.807, 2.05) is 62.4 Å². The molecule has 1 amide bonds. The van der Waals surface area contributed by atoms with Crippen LogP contribution in [-0.2, 0) is 11.2 Å². The molecule has 4 aromatic rings. The smallest absolute Gasteiger partial charge is 0.226 e. The highest BCUT2D eigenvalue weighted by Crippen LogP contribution is 2.25. The number of hydrogen-bond donors (Lipinski definition) is 1. The van der Waals surface area contributed by atoms with Crippen LogP contribution in [0.15, 0.2) is 77.2 Å². The first-order chi connectivity index (χ1) is 13.6. The Labute approximate surface area is 164 Å². The van der Waals surface area contributed by atoms with E-state index in [2.05, 4.69) is 34.6 Å². The number of carbonyl (C=O) groups excluding carboxylic acids is 1. The minimum Gasteiger partial charge on any atom is -0.441 e. The number of nitrogens with zero attached hydrogens (tertiary/aromatic N) is 1. The number of carbonyl (C=O) groups is 1. The Morgan fingerprint density at radius 2 is 1.71 bits per heavy atom. The van der Waals surface area contributed by atoms with Gasteiger partial charge in [-0.25, -0.2) is 4.98 Å². The number of nitrogens with one attached hydrogen (secondary N) is 1. The van der Waals surface area contributed by atoms with E-state index in [-0.39, 0.29) is 18.4 Å². The largest absolute Gasteiger partial charge is 0.441 e. The normalized spacial score (nSPS) is 12.1. The third-order valence-corrected chi connectivity index (χ3v) is 4.91. The maximum Gasteiger partial charge on any atom is 0.226 e. The second kappa shape index (κ2) is 7.69. The molecule has 28 heavy (non-hydrogen) atoms. The Kier molecular flexibility index (Phi) is 4.94. The van der Waals surface area contributed by atoms with Gasteiger partial charge in [0.15, 0.2) is 0 Å². The Morgan fingerprint density at radius 3 is 2.54 bits per heavy atom. The molecule has 0 saturated carbocycles. The van der Waals surface area contributed by atoms with Crippen LogP contribution < -0.4 is 5.32 Å². The molecular formula is C24H22N2O2. The molecule has 1 aromatic heterocycles. The number of aromatic nitrogens is 1. The lowest BCUT2D eigenvalue weighted by molar-refractivity contribution is -0.121. The van der Waals surface area contributed by atoms with Gasteiger partial charge in [0, 0.05) is 5.56 Å². The molecule has 4 rings (SSSR count). The fourth-order valence-electron chi connectivity index (χ4n) is 3.45.